The van der Waals surface area contributed by atoms with Crippen LogP contribution in [0, 0.1) is 5.92 Å². The molecule has 0 atom stereocenters. The molecule has 0 aliphatic heterocycles. The van der Waals surface area contributed by atoms with Gasteiger partial charge in [-0.25, -0.2) is 0 Å². The predicted octanol–water partition coefficient (Wildman–Crippen LogP) is 3.89. The second-order valence-electron chi connectivity index (χ2n) is 4.57. The first-order valence-electron chi connectivity index (χ1n) is 5.65. The molecule has 0 aliphatic rings. The summed E-state index contributed by atoms with van der Waals surface area (Å²) >= 11 is 0. The van der Waals surface area contributed by atoms with Crippen LogP contribution >= 0.6 is 0 Å². The van der Waals surface area contributed by atoms with Crippen molar-refractivity contribution in [3.63, 3.8) is 0 Å². The number of allylic oxidation sites excluding steroid dienone is 1. The SMILES string of the molecule is C=C(c1ccc(/C=C/C(C)C)cc1)N(C)C. The molecule has 0 amide bonds. The average Bonchev–Trinajstić information content (AvgIpc) is 2.26. The lowest BCUT2D eigenvalue weighted by Crippen LogP contribution is -2.08. The molecular formula is C15H21N. The Kier molecular flexibility index (Phi) is 4.36. The lowest BCUT2D eigenvalue weighted by Gasteiger charge is -2.15. The second kappa shape index (κ2) is 5.55. The number of benzene rings is 1. The average molecular weight is 215 g/mol. The molecule has 0 unspecified atom stereocenters. The Balaban J connectivity index is 2.79. The van der Waals surface area contributed by atoms with Crippen molar-refractivity contribution in [2.75, 3.05) is 14.1 Å². The van der Waals surface area contributed by atoms with Crippen LogP contribution in [0.3, 0.4) is 0 Å². The van der Waals surface area contributed by atoms with Gasteiger partial charge in [0.1, 0.15) is 0 Å². The van der Waals surface area contributed by atoms with Crippen LogP contribution in [0.25, 0.3) is 11.8 Å². The molecule has 1 nitrogen and oxygen atoms in total. The van der Waals surface area contributed by atoms with E-state index in [0.29, 0.717) is 5.92 Å². The fourth-order valence-electron chi connectivity index (χ4n) is 1.35. The second-order valence-corrected chi connectivity index (χ2v) is 4.57. The summed E-state index contributed by atoms with van der Waals surface area (Å²) < 4.78 is 0. The molecule has 0 spiro atoms. The molecular weight excluding hydrogens is 194 g/mol. The molecule has 16 heavy (non-hydrogen) atoms. The lowest BCUT2D eigenvalue weighted by atomic mass is 10.1. The van der Waals surface area contributed by atoms with Gasteiger partial charge in [0.15, 0.2) is 0 Å². The highest BCUT2D eigenvalue weighted by atomic mass is 15.1. The molecule has 0 saturated carbocycles. The van der Waals surface area contributed by atoms with Crippen molar-refractivity contribution in [3.05, 3.63) is 48.0 Å². The Hall–Kier alpha value is -1.50. The van der Waals surface area contributed by atoms with Crippen LogP contribution in [0.5, 0.6) is 0 Å². The maximum atomic E-state index is 4.04. The lowest BCUT2D eigenvalue weighted by molar-refractivity contribution is 0.593. The number of rotatable bonds is 4. The summed E-state index contributed by atoms with van der Waals surface area (Å²) in [6.07, 6.45) is 4.36. The fraction of sp³-hybridized carbons (Fsp3) is 0.333. The van der Waals surface area contributed by atoms with E-state index >= 15 is 0 Å². The van der Waals surface area contributed by atoms with E-state index in [9.17, 15) is 0 Å². The largest absolute Gasteiger partial charge is 0.378 e. The third-order valence-electron chi connectivity index (χ3n) is 2.46. The highest BCUT2D eigenvalue weighted by Crippen LogP contribution is 2.16. The highest BCUT2D eigenvalue weighted by Gasteiger charge is 1.99. The van der Waals surface area contributed by atoms with E-state index in [-0.39, 0.29) is 0 Å². The molecule has 1 aromatic carbocycles. The smallest absolute Gasteiger partial charge is 0.0361 e. The van der Waals surface area contributed by atoms with Gasteiger partial charge in [0, 0.05) is 19.8 Å². The summed E-state index contributed by atoms with van der Waals surface area (Å²) in [6, 6.07) is 8.48. The van der Waals surface area contributed by atoms with Gasteiger partial charge < -0.3 is 4.90 Å². The fourth-order valence-corrected chi connectivity index (χ4v) is 1.35. The maximum absolute atomic E-state index is 4.04. The Labute approximate surface area is 99.1 Å². The topological polar surface area (TPSA) is 3.24 Å². The van der Waals surface area contributed by atoms with Gasteiger partial charge in [0.05, 0.1) is 0 Å². The van der Waals surface area contributed by atoms with Crippen molar-refractivity contribution < 1.29 is 0 Å². The molecule has 0 heterocycles. The zero-order chi connectivity index (χ0) is 12.1. The monoisotopic (exact) mass is 215 g/mol. The molecule has 0 saturated heterocycles. The van der Waals surface area contributed by atoms with Crippen LogP contribution in [0.15, 0.2) is 36.9 Å². The van der Waals surface area contributed by atoms with E-state index in [2.05, 4.69) is 56.8 Å². The molecule has 1 heteroatoms. The van der Waals surface area contributed by atoms with E-state index < -0.39 is 0 Å². The first kappa shape index (κ1) is 12.6. The van der Waals surface area contributed by atoms with Gasteiger partial charge in [-0.3, -0.25) is 0 Å². The van der Waals surface area contributed by atoms with Gasteiger partial charge in [0.25, 0.3) is 0 Å². The summed E-state index contributed by atoms with van der Waals surface area (Å²) in [5.41, 5.74) is 3.45. The van der Waals surface area contributed by atoms with E-state index in [1.165, 1.54) is 11.1 Å². The van der Waals surface area contributed by atoms with Gasteiger partial charge in [-0.15, -0.1) is 0 Å². The van der Waals surface area contributed by atoms with Crippen molar-refractivity contribution in [3.8, 4) is 0 Å². The summed E-state index contributed by atoms with van der Waals surface area (Å²) in [4.78, 5) is 2.03. The normalized spacial score (nSPS) is 11.1. The van der Waals surface area contributed by atoms with Crippen molar-refractivity contribution in [1.82, 2.24) is 4.90 Å². The third-order valence-corrected chi connectivity index (χ3v) is 2.46. The van der Waals surface area contributed by atoms with Crippen molar-refractivity contribution >= 4 is 11.8 Å². The van der Waals surface area contributed by atoms with Crippen molar-refractivity contribution in [2.45, 2.75) is 13.8 Å². The molecule has 0 N–H and O–H groups in total. The molecule has 1 rings (SSSR count). The molecule has 1 aromatic rings. The number of hydrogen-bond donors (Lipinski definition) is 0. The van der Waals surface area contributed by atoms with Crippen LogP contribution in [0.2, 0.25) is 0 Å². The zero-order valence-electron chi connectivity index (χ0n) is 10.7. The minimum absolute atomic E-state index is 0.594. The van der Waals surface area contributed by atoms with Gasteiger partial charge >= 0.3 is 0 Å². The standard InChI is InChI=1S/C15H21N/c1-12(2)6-7-14-8-10-15(11-9-14)13(3)16(4)5/h6-12H,3H2,1-2,4-5H3/b7-6+. The van der Waals surface area contributed by atoms with Crippen LogP contribution in [-0.2, 0) is 0 Å². The predicted molar refractivity (Wildman–Crippen MR) is 73.0 cm³/mol. The minimum Gasteiger partial charge on any atom is -0.378 e. The molecule has 0 fully saturated rings. The minimum atomic E-state index is 0.594. The summed E-state index contributed by atoms with van der Waals surface area (Å²) in [7, 11) is 4.02. The molecule has 0 aliphatic carbocycles. The van der Waals surface area contributed by atoms with Crippen LogP contribution in [-0.4, -0.2) is 19.0 Å². The summed E-state index contributed by atoms with van der Waals surface area (Å²) in [6.45, 7) is 8.39. The van der Waals surface area contributed by atoms with Crippen molar-refractivity contribution in [1.29, 1.82) is 0 Å². The van der Waals surface area contributed by atoms with E-state index in [1.54, 1.807) is 0 Å². The number of nitrogens with zero attached hydrogens (tertiary/aromatic N) is 1. The zero-order valence-corrected chi connectivity index (χ0v) is 10.7. The molecule has 86 valence electrons. The molecule has 0 aromatic heterocycles. The Morgan fingerprint density at radius 3 is 2.19 bits per heavy atom. The van der Waals surface area contributed by atoms with Gasteiger partial charge in [0.2, 0.25) is 0 Å². The maximum Gasteiger partial charge on any atom is 0.0361 e. The summed E-state index contributed by atoms with van der Waals surface area (Å²) in [5.74, 6) is 0.594. The van der Waals surface area contributed by atoms with Crippen LogP contribution in [0.1, 0.15) is 25.0 Å². The van der Waals surface area contributed by atoms with E-state index in [4.69, 9.17) is 0 Å². The van der Waals surface area contributed by atoms with Crippen LogP contribution in [0.4, 0.5) is 0 Å². The Morgan fingerprint density at radius 2 is 1.75 bits per heavy atom. The van der Waals surface area contributed by atoms with E-state index in [0.717, 1.165) is 5.70 Å². The number of hydrogen-bond acceptors (Lipinski definition) is 1. The molecule has 0 radical (unpaired) electrons. The third kappa shape index (κ3) is 3.58. The highest BCUT2D eigenvalue weighted by molar-refractivity contribution is 5.63. The first-order valence-corrected chi connectivity index (χ1v) is 5.65. The van der Waals surface area contributed by atoms with Crippen molar-refractivity contribution in [2.24, 2.45) is 5.92 Å². The quantitative estimate of drug-likeness (QED) is 0.736. The summed E-state index contributed by atoms with van der Waals surface area (Å²) in [5, 5.41) is 0. The Morgan fingerprint density at radius 1 is 1.19 bits per heavy atom. The van der Waals surface area contributed by atoms with Gasteiger partial charge in [-0.2, -0.15) is 0 Å². The van der Waals surface area contributed by atoms with Gasteiger partial charge in [-0.05, 0) is 17.0 Å². The van der Waals surface area contributed by atoms with E-state index in [1.807, 2.05) is 19.0 Å². The first-order chi connectivity index (χ1) is 7.50. The Bertz CT molecular complexity index is 369. The van der Waals surface area contributed by atoms with Gasteiger partial charge in [-0.1, -0.05) is 56.8 Å². The molecule has 0 bridgehead atoms. The van der Waals surface area contributed by atoms with Crippen LogP contribution < -0.4 is 0 Å².